The van der Waals surface area contributed by atoms with Gasteiger partial charge in [-0.3, -0.25) is 0 Å². The molecule has 3 N–H and O–H groups in total. The Bertz CT molecular complexity index is 452. The maximum atomic E-state index is 11.7. The molecule has 0 aliphatic carbocycles. The Kier molecular flexibility index (Phi) is 4.35. The summed E-state index contributed by atoms with van der Waals surface area (Å²) in [6.45, 7) is 1.28. The van der Waals surface area contributed by atoms with Crippen LogP contribution in [-0.2, 0) is 4.74 Å². The molecule has 2 rings (SSSR count). The van der Waals surface area contributed by atoms with Crippen molar-refractivity contribution in [3.8, 4) is 0 Å². The van der Waals surface area contributed by atoms with E-state index in [0.29, 0.717) is 12.3 Å². The number of aromatic carboxylic acids is 1. The predicted molar refractivity (Wildman–Crippen MR) is 69.4 cm³/mol. The first-order chi connectivity index (χ1) is 9.15. The van der Waals surface area contributed by atoms with Crippen LogP contribution in [-0.4, -0.2) is 36.4 Å². The van der Waals surface area contributed by atoms with Gasteiger partial charge in [-0.25, -0.2) is 9.59 Å². The van der Waals surface area contributed by atoms with Crippen molar-refractivity contribution in [1.29, 1.82) is 0 Å². The molecule has 19 heavy (non-hydrogen) atoms. The highest BCUT2D eigenvalue weighted by Gasteiger charge is 2.16. The van der Waals surface area contributed by atoms with Crippen LogP contribution in [0, 0.1) is 0 Å². The van der Waals surface area contributed by atoms with Gasteiger partial charge in [-0.2, -0.15) is 0 Å². The lowest BCUT2D eigenvalue weighted by atomic mass is 10.1. The van der Waals surface area contributed by atoms with Crippen molar-refractivity contribution >= 4 is 17.7 Å². The van der Waals surface area contributed by atoms with E-state index < -0.39 is 5.97 Å². The number of benzene rings is 1. The lowest BCUT2D eigenvalue weighted by molar-refractivity contribution is 0.0697. The van der Waals surface area contributed by atoms with Crippen molar-refractivity contribution in [3.63, 3.8) is 0 Å². The van der Waals surface area contributed by atoms with Crippen molar-refractivity contribution in [2.24, 2.45) is 0 Å². The fourth-order valence-electron chi connectivity index (χ4n) is 1.90. The molecule has 1 aromatic carbocycles. The second kappa shape index (κ2) is 6.19. The molecule has 102 valence electrons. The van der Waals surface area contributed by atoms with Gasteiger partial charge in [0.15, 0.2) is 0 Å². The Hall–Kier alpha value is -2.08. The number of hydrogen-bond donors (Lipinski definition) is 3. The molecule has 6 heteroatoms. The monoisotopic (exact) mass is 264 g/mol. The van der Waals surface area contributed by atoms with Gasteiger partial charge >= 0.3 is 12.0 Å². The lowest BCUT2D eigenvalue weighted by Crippen LogP contribution is -2.42. The van der Waals surface area contributed by atoms with Crippen molar-refractivity contribution in [2.45, 2.75) is 18.9 Å². The number of amides is 2. The fraction of sp³-hybridized carbons (Fsp3) is 0.385. The summed E-state index contributed by atoms with van der Waals surface area (Å²) in [4.78, 5) is 22.4. The van der Waals surface area contributed by atoms with Crippen LogP contribution in [0.5, 0.6) is 0 Å². The van der Waals surface area contributed by atoms with E-state index in [1.807, 2.05) is 0 Å². The number of carboxylic acids is 1. The van der Waals surface area contributed by atoms with E-state index in [4.69, 9.17) is 9.84 Å². The normalized spacial score (nSPS) is 18.6. The average molecular weight is 264 g/mol. The highest BCUT2D eigenvalue weighted by molar-refractivity contribution is 5.91. The minimum absolute atomic E-state index is 0.0343. The Morgan fingerprint density at radius 1 is 1.26 bits per heavy atom. The molecule has 1 heterocycles. The molecule has 0 saturated carbocycles. The van der Waals surface area contributed by atoms with Gasteiger partial charge in [0, 0.05) is 12.3 Å². The van der Waals surface area contributed by atoms with E-state index in [1.54, 1.807) is 12.1 Å². The van der Waals surface area contributed by atoms with Gasteiger partial charge in [0.25, 0.3) is 0 Å². The molecule has 1 fully saturated rings. The van der Waals surface area contributed by atoms with Crippen molar-refractivity contribution in [2.75, 3.05) is 18.5 Å². The van der Waals surface area contributed by atoms with Crippen molar-refractivity contribution in [1.82, 2.24) is 5.32 Å². The summed E-state index contributed by atoms with van der Waals surface area (Å²) in [5.74, 6) is -0.990. The topological polar surface area (TPSA) is 87.7 Å². The van der Waals surface area contributed by atoms with Crippen LogP contribution in [0.3, 0.4) is 0 Å². The van der Waals surface area contributed by atoms with Crippen LogP contribution >= 0.6 is 0 Å². The molecule has 1 aliphatic heterocycles. The summed E-state index contributed by atoms with van der Waals surface area (Å²) in [5, 5.41) is 14.2. The van der Waals surface area contributed by atoms with E-state index >= 15 is 0 Å². The zero-order valence-electron chi connectivity index (χ0n) is 10.4. The number of rotatable bonds is 3. The average Bonchev–Trinajstić information content (AvgIpc) is 2.40. The molecular formula is C13H16N2O4. The van der Waals surface area contributed by atoms with Crippen LogP contribution in [0.2, 0.25) is 0 Å². The molecule has 0 spiro atoms. The van der Waals surface area contributed by atoms with E-state index in [1.165, 1.54) is 12.1 Å². The zero-order chi connectivity index (χ0) is 13.7. The van der Waals surface area contributed by atoms with Crippen LogP contribution in [0.15, 0.2) is 24.3 Å². The van der Waals surface area contributed by atoms with E-state index in [2.05, 4.69) is 10.6 Å². The molecule has 0 bridgehead atoms. The minimum Gasteiger partial charge on any atom is -0.478 e. The quantitative estimate of drug-likeness (QED) is 0.775. The molecule has 1 unspecified atom stereocenters. The molecule has 1 atom stereocenters. The van der Waals surface area contributed by atoms with E-state index in [9.17, 15) is 9.59 Å². The largest absolute Gasteiger partial charge is 0.478 e. The van der Waals surface area contributed by atoms with Crippen molar-refractivity contribution < 1.29 is 19.4 Å². The van der Waals surface area contributed by atoms with Crippen LogP contribution < -0.4 is 10.6 Å². The van der Waals surface area contributed by atoms with E-state index in [-0.39, 0.29) is 17.6 Å². The van der Waals surface area contributed by atoms with Gasteiger partial charge in [0.2, 0.25) is 0 Å². The second-order valence-corrected chi connectivity index (χ2v) is 4.40. The Morgan fingerprint density at radius 2 is 2.00 bits per heavy atom. The number of ether oxygens (including phenoxy) is 1. The van der Waals surface area contributed by atoms with Crippen LogP contribution in [0.25, 0.3) is 0 Å². The third-order valence-corrected chi connectivity index (χ3v) is 2.89. The molecule has 1 aliphatic rings. The maximum Gasteiger partial charge on any atom is 0.335 e. The van der Waals surface area contributed by atoms with Gasteiger partial charge in [0.05, 0.1) is 18.2 Å². The molecule has 6 nitrogen and oxygen atoms in total. The first-order valence-corrected chi connectivity index (χ1v) is 6.14. The lowest BCUT2D eigenvalue weighted by Gasteiger charge is -2.23. The number of anilines is 1. The minimum atomic E-state index is -0.990. The highest BCUT2D eigenvalue weighted by atomic mass is 16.5. The highest BCUT2D eigenvalue weighted by Crippen LogP contribution is 2.10. The molecule has 1 aromatic rings. The SMILES string of the molecule is O=C(Nc1ccc(C(=O)O)cc1)NC1CCCOC1. The van der Waals surface area contributed by atoms with Gasteiger partial charge in [-0.1, -0.05) is 0 Å². The summed E-state index contributed by atoms with van der Waals surface area (Å²) in [6, 6.07) is 5.73. The Labute approximate surface area is 110 Å². The number of nitrogens with one attached hydrogen (secondary N) is 2. The molecule has 2 amide bonds. The first-order valence-electron chi connectivity index (χ1n) is 6.14. The van der Waals surface area contributed by atoms with Crippen LogP contribution in [0.1, 0.15) is 23.2 Å². The second-order valence-electron chi connectivity index (χ2n) is 4.40. The van der Waals surface area contributed by atoms with Gasteiger partial charge in [-0.05, 0) is 37.1 Å². The third-order valence-electron chi connectivity index (χ3n) is 2.89. The Morgan fingerprint density at radius 3 is 2.58 bits per heavy atom. The smallest absolute Gasteiger partial charge is 0.335 e. The van der Waals surface area contributed by atoms with Gasteiger partial charge in [-0.15, -0.1) is 0 Å². The standard InChI is InChI=1S/C13H16N2O4/c16-12(17)9-3-5-10(6-4-9)14-13(18)15-11-2-1-7-19-8-11/h3-6,11H,1-2,7-8H2,(H,16,17)(H2,14,15,18). The predicted octanol–water partition coefficient (Wildman–Crippen LogP) is 1.69. The Balaban J connectivity index is 1.85. The van der Waals surface area contributed by atoms with Gasteiger partial charge in [0.1, 0.15) is 0 Å². The molecular weight excluding hydrogens is 248 g/mol. The number of hydrogen-bond acceptors (Lipinski definition) is 3. The maximum absolute atomic E-state index is 11.7. The number of carboxylic acid groups (broad SMARTS) is 1. The summed E-state index contributed by atoms with van der Waals surface area (Å²) in [7, 11) is 0. The van der Waals surface area contributed by atoms with Crippen LogP contribution in [0.4, 0.5) is 10.5 Å². The summed E-state index contributed by atoms with van der Waals surface area (Å²) < 4.78 is 5.27. The molecule has 1 saturated heterocycles. The van der Waals surface area contributed by atoms with Crippen molar-refractivity contribution in [3.05, 3.63) is 29.8 Å². The first kappa shape index (κ1) is 13.4. The zero-order valence-corrected chi connectivity index (χ0v) is 10.4. The molecule has 0 aromatic heterocycles. The van der Waals surface area contributed by atoms with Gasteiger partial charge < -0.3 is 20.5 Å². The fourth-order valence-corrected chi connectivity index (χ4v) is 1.90. The third kappa shape index (κ3) is 3.96. The molecule has 0 radical (unpaired) electrons. The summed E-state index contributed by atoms with van der Waals surface area (Å²) in [6.07, 6.45) is 1.85. The number of urea groups is 1. The summed E-state index contributed by atoms with van der Waals surface area (Å²) in [5.41, 5.74) is 0.742. The van der Waals surface area contributed by atoms with E-state index in [0.717, 1.165) is 19.4 Å². The number of carbonyl (C=O) groups excluding carboxylic acids is 1. The number of carbonyl (C=O) groups is 2. The summed E-state index contributed by atoms with van der Waals surface area (Å²) >= 11 is 0.